The van der Waals surface area contributed by atoms with Crippen LogP contribution in [0.4, 0.5) is 5.69 Å². The quantitative estimate of drug-likeness (QED) is 0.678. The van der Waals surface area contributed by atoms with Crippen molar-refractivity contribution < 1.29 is 9.53 Å². The molecule has 0 bridgehead atoms. The summed E-state index contributed by atoms with van der Waals surface area (Å²) in [6.07, 6.45) is 5.63. The van der Waals surface area contributed by atoms with E-state index in [-0.39, 0.29) is 0 Å². The lowest BCUT2D eigenvalue weighted by molar-refractivity contribution is 0.0594. The fourth-order valence-corrected chi connectivity index (χ4v) is 1.32. The summed E-state index contributed by atoms with van der Waals surface area (Å²) >= 11 is 0. The number of hydrogen-bond acceptors (Lipinski definition) is 4. The van der Waals surface area contributed by atoms with Gasteiger partial charge in [0.05, 0.1) is 7.11 Å². The normalized spacial score (nSPS) is 12.9. The lowest BCUT2D eigenvalue weighted by Crippen LogP contribution is -2.09. The molecule has 0 fully saturated rings. The topological polar surface area (TPSA) is 51.2 Å². The minimum absolute atomic E-state index is 0.328. The first-order chi connectivity index (χ1) is 6.81. The van der Waals surface area contributed by atoms with E-state index in [1.165, 1.54) is 7.11 Å². The lowest BCUT2D eigenvalue weighted by Gasteiger charge is -2.12. The van der Waals surface area contributed by atoms with Gasteiger partial charge in [0.25, 0.3) is 0 Å². The van der Waals surface area contributed by atoms with E-state index in [4.69, 9.17) is 0 Å². The number of anilines is 1. The molecular weight excluding hydrogens is 180 g/mol. The van der Waals surface area contributed by atoms with Crippen LogP contribution in [-0.4, -0.2) is 24.6 Å². The van der Waals surface area contributed by atoms with Crippen molar-refractivity contribution in [2.75, 3.05) is 19.0 Å². The number of carbonyl (C=O) groups is 1. The third kappa shape index (κ3) is 1.46. The Balaban J connectivity index is 2.39. The maximum Gasteiger partial charge on any atom is 0.356 e. The van der Waals surface area contributed by atoms with Crippen molar-refractivity contribution in [3.05, 3.63) is 29.6 Å². The molecule has 4 nitrogen and oxygen atoms in total. The highest BCUT2D eigenvalue weighted by molar-refractivity contribution is 5.89. The highest BCUT2D eigenvalue weighted by Crippen LogP contribution is 2.20. The summed E-state index contributed by atoms with van der Waals surface area (Å²) in [5.41, 5.74) is 2.24. The second-order valence-corrected chi connectivity index (χ2v) is 2.93. The molecular formula is C10H10N2O2. The Morgan fingerprint density at radius 3 is 3.29 bits per heavy atom. The third-order valence-corrected chi connectivity index (χ3v) is 2.04. The van der Waals surface area contributed by atoms with Crippen LogP contribution in [0.2, 0.25) is 0 Å². The predicted molar refractivity (Wildman–Crippen MR) is 53.1 cm³/mol. The van der Waals surface area contributed by atoms with Crippen molar-refractivity contribution in [1.82, 2.24) is 4.98 Å². The number of pyridine rings is 1. The van der Waals surface area contributed by atoms with E-state index in [0.29, 0.717) is 5.69 Å². The van der Waals surface area contributed by atoms with Gasteiger partial charge in [-0.3, -0.25) is 0 Å². The molecule has 0 spiro atoms. The molecule has 2 rings (SSSR count). The zero-order valence-corrected chi connectivity index (χ0v) is 7.78. The van der Waals surface area contributed by atoms with Crippen LogP contribution in [0.25, 0.3) is 6.08 Å². The zero-order valence-electron chi connectivity index (χ0n) is 7.78. The summed E-state index contributed by atoms with van der Waals surface area (Å²) in [6.45, 7) is 0.775. The summed E-state index contributed by atoms with van der Waals surface area (Å²) in [5.74, 6) is -0.413. The Morgan fingerprint density at radius 2 is 2.50 bits per heavy atom. The number of rotatable bonds is 1. The maximum absolute atomic E-state index is 11.2. The van der Waals surface area contributed by atoms with Gasteiger partial charge in [0.15, 0.2) is 0 Å². The Bertz CT molecular complexity index is 399. The van der Waals surface area contributed by atoms with Crippen molar-refractivity contribution in [3.8, 4) is 0 Å². The van der Waals surface area contributed by atoms with Gasteiger partial charge in [-0.05, 0) is 6.07 Å². The van der Waals surface area contributed by atoms with E-state index >= 15 is 0 Å². The molecule has 0 unspecified atom stereocenters. The molecule has 0 saturated carbocycles. The fourth-order valence-electron chi connectivity index (χ4n) is 1.32. The molecule has 1 aromatic rings. The minimum atomic E-state index is -0.413. The van der Waals surface area contributed by atoms with E-state index in [1.807, 2.05) is 12.2 Å². The standard InChI is InChI=1S/C10H10N2O2/c1-14-10(13)9-5-8-7(6-12-9)3-2-4-11-8/h2-3,5-6,11H,4H2,1H3. The number of fused-ring (bicyclic) bond motifs is 1. The van der Waals surface area contributed by atoms with E-state index in [2.05, 4.69) is 15.0 Å². The highest BCUT2D eigenvalue weighted by atomic mass is 16.5. The van der Waals surface area contributed by atoms with E-state index in [9.17, 15) is 4.79 Å². The average molecular weight is 190 g/mol. The first-order valence-corrected chi connectivity index (χ1v) is 4.30. The van der Waals surface area contributed by atoms with E-state index in [0.717, 1.165) is 17.8 Å². The summed E-state index contributed by atoms with van der Waals surface area (Å²) in [4.78, 5) is 15.2. The van der Waals surface area contributed by atoms with Gasteiger partial charge >= 0.3 is 5.97 Å². The molecule has 0 saturated heterocycles. The van der Waals surface area contributed by atoms with Crippen LogP contribution in [0.1, 0.15) is 16.1 Å². The van der Waals surface area contributed by atoms with Crippen LogP contribution in [0.5, 0.6) is 0 Å². The molecule has 0 atom stereocenters. The second-order valence-electron chi connectivity index (χ2n) is 2.93. The Kier molecular flexibility index (Phi) is 2.18. The summed E-state index contributed by atoms with van der Waals surface area (Å²) in [7, 11) is 1.34. The molecule has 1 aromatic heterocycles. The molecule has 0 amide bonds. The van der Waals surface area contributed by atoms with Crippen LogP contribution < -0.4 is 5.32 Å². The van der Waals surface area contributed by atoms with E-state index in [1.54, 1.807) is 12.3 Å². The molecule has 4 heteroatoms. The molecule has 14 heavy (non-hydrogen) atoms. The molecule has 0 radical (unpaired) electrons. The number of methoxy groups -OCH3 is 1. The van der Waals surface area contributed by atoms with Crippen molar-refractivity contribution in [2.45, 2.75) is 0 Å². The molecule has 0 aliphatic carbocycles. The van der Waals surface area contributed by atoms with Gasteiger partial charge in [-0.25, -0.2) is 9.78 Å². The van der Waals surface area contributed by atoms with Crippen LogP contribution in [0, 0.1) is 0 Å². The summed E-state index contributed by atoms with van der Waals surface area (Å²) < 4.78 is 4.58. The number of nitrogens with zero attached hydrogens (tertiary/aromatic N) is 1. The van der Waals surface area contributed by atoms with E-state index < -0.39 is 5.97 Å². The number of ether oxygens (including phenoxy) is 1. The number of nitrogens with one attached hydrogen (secondary N) is 1. The molecule has 1 aliphatic heterocycles. The molecule has 0 aromatic carbocycles. The van der Waals surface area contributed by atoms with Crippen molar-refractivity contribution in [2.24, 2.45) is 0 Å². The number of aromatic nitrogens is 1. The number of hydrogen-bond donors (Lipinski definition) is 1. The summed E-state index contributed by atoms with van der Waals surface area (Å²) in [5, 5.41) is 3.15. The predicted octanol–water partition coefficient (Wildman–Crippen LogP) is 1.31. The van der Waals surface area contributed by atoms with Crippen molar-refractivity contribution in [3.63, 3.8) is 0 Å². The number of esters is 1. The molecule has 1 N–H and O–H groups in total. The Labute approximate surface area is 81.6 Å². The van der Waals surface area contributed by atoms with Crippen LogP contribution >= 0.6 is 0 Å². The van der Waals surface area contributed by atoms with Crippen LogP contribution in [-0.2, 0) is 4.74 Å². The Morgan fingerprint density at radius 1 is 1.64 bits per heavy atom. The van der Waals surface area contributed by atoms with Crippen LogP contribution in [0.3, 0.4) is 0 Å². The van der Waals surface area contributed by atoms with Gasteiger partial charge in [0.2, 0.25) is 0 Å². The molecule has 1 aliphatic rings. The first kappa shape index (κ1) is 8.74. The van der Waals surface area contributed by atoms with Gasteiger partial charge < -0.3 is 10.1 Å². The highest BCUT2D eigenvalue weighted by Gasteiger charge is 2.11. The van der Waals surface area contributed by atoms with Gasteiger partial charge in [-0.15, -0.1) is 0 Å². The summed E-state index contributed by atoms with van der Waals surface area (Å²) in [6, 6.07) is 1.70. The molecule has 2 heterocycles. The van der Waals surface area contributed by atoms with Crippen molar-refractivity contribution in [1.29, 1.82) is 0 Å². The molecule has 72 valence electrons. The first-order valence-electron chi connectivity index (χ1n) is 4.30. The third-order valence-electron chi connectivity index (χ3n) is 2.04. The van der Waals surface area contributed by atoms with Gasteiger partial charge in [0.1, 0.15) is 5.69 Å². The SMILES string of the molecule is COC(=O)c1cc2c(cn1)C=CCN2. The zero-order chi connectivity index (χ0) is 9.97. The fraction of sp³-hybridized carbons (Fsp3) is 0.200. The Hall–Kier alpha value is -1.84. The maximum atomic E-state index is 11.2. The van der Waals surface area contributed by atoms with Gasteiger partial charge in [0, 0.05) is 24.0 Å². The van der Waals surface area contributed by atoms with Crippen LogP contribution in [0.15, 0.2) is 18.3 Å². The van der Waals surface area contributed by atoms with Gasteiger partial charge in [-0.2, -0.15) is 0 Å². The number of carbonyl (C=O) groups excluding carboxylic acids is 1. The monoisotopic (exact) mass is 190 g/mol. The largest absolute Gasteiger partial charge is 0.464 e. The average Bonchev–Trinajstić information content (AvgIpc) is 2.27. The van der Waals surface area contributed by atoms with Crippen molar-refractivity contribution >= 4 is 17.7 Å². The second kappa shape index (κ2) is 3.49. The van der Waals surface area contributed by atoms with Gasteiger partial charge in [-0.1, -0.05) is 12.2 Å². The lowest BCUT2D eigenvalue weighted by atomic mass is 10.1. The minimum Gasteiger partial charge on any atom is -0.464 e. The smallest absolute Gasteiger partial charge is 0.356 e.